The van der Waals surface area contributed by atoms with Crippen molar-refractivity contribution in [3.63, 3.8) is 0 Å². The molecule has 188 valence electrons. The van der Waals surface area contributed by atoms with E-state index in [1.54, 1.807) is 6.26 Å². The van der Waals surface area contributed by atoms with E-state index in [-0.39, 0.29) is 12.6 Å². The van der Waals surface area contributed by atoms with Crippen molar-refractivity contribution in [2.24, 2.45) is 0 Å². The molecule has 0 bridgehead atoms. The summed E-state index contributed by atoms with van der Waals surface area (Å²) in [7, 11) is 0. The predicted octanol–water partition coefficient (Wildman–Crippen LogP) is 5.22. The van der Waals surface area contributed by atoms with Crippen molar-refractivity contribution in [1.29, 1.82) is 0 Å². The highest BCUT2D eigenvalue weighted by Gasteiger charge is 2.39. The Morgan fingerprint density at radius 2 is 1.25 bits per heavy atom. The van der Waals surface area contributed by atoms with Crippen LogP contribution in [0, 0.1) is 0 Å². The molecule has 0 aromatic heterocycles. The van der Waals surface area contributed by atoms with E-state index in [0.29, 0.717) is 32.0 Å². The Balaban J connectivity index is 1.51. The second-order valence-corrected chi connectivity index (χ2v) is 8.63. The lowest BCUT2D eigenvalue weighted by Gasteiger charge is -2.37. The van der Waals surface area contributed by atoms with E-state index < -0.39 is 18.3 Å². The van der Waals surface area contributed by atoms with Crippen molar-refractivity contribution >= 4 is 5.97 Å². The molecule has 0 spiro atoms. The average molecular weight is 489 g/mol. The molecule has 1 aliphatic heterocycles. The van der Waals surface area contributed by atoms with E-state index in [4.69, 9.17) is 23.7 Å². The Morgan fingerprint density at radius 1 is 0.722 bits per heavy atom. The van der Waals surface area contributed by atoms with Crippen LogP contribution in [-0.4, -0.2) is 37.5 Å². The molecule has 0 amide bonds. The molecule has 0 fully saturated rings. The Labute approximate surface area is 212 Å². The molecule has 6 nitrogen and oxygen atoms in total. The molecule has 0 unspecified atom stereocenters. The van der Waals surface area contributed by atoms with Crippen LogP contribution >= 0.6 is 0 Å². The fourth-order valence-electron chi connectivity index (χ4n) is 3.95. The van der Waals surface area contributed by atoms with Gasteiger partial charge >= 0.3 is 5.97 Å². The molecule has 4 rings (SSSR count). The van der Waals surface area contributed by atoms with Crippen molar-refractivity contribution in [2.75, 3.05) is 13.2 Å². The first-order chi connectivity index (χ1) is 17.7. The molecule has 3 aromatic carbocycles. The quantitative estimate of drug-likeness (QED) is 0.326. The van der Waals surface area contributed by atoms with Crippen molar-refractivity contribution in [2.45, 2.75) is 45.1 Å². The lowest BCUT2D eigenvalue weighted by Crippen LogP contribution is -2.48. The van der Waals surface area contributed by atoms with Gasteiger partial charge in [0.25, 0.3) is 0 Å². The molecule has 1 aliphatic rings. The molecule has 3 atom stereocenters. The van der Waals surface area contributed by atoms with E-state index in [9.17, 15) is 4.79 Å². The first-order valence-corrected chi connectivity index (χ1v) is 12.1. The smallest absolute Gasteiger partial charge is 0.302 e. The zero-order valence-corrected chi connectivity index (χ0v) is 20.5. The highest BCUT2D eigenvalue weighted by molar-refractivity contribution is 5.66. The fourth-order valence-corrected chi connectivity index (χ4v) is 3.95. The number of ether oxygens (including phenoxy) is 5. The van der Waals surface area contributed by atoms with Gasteiger partial charge < -0.3 is 23.7 Å². The van der Waals surface area contributed by atoms with Crippen molar-refractivity contribution < 1.29 is 28.5 Å². The highest BCUT2D eigenvalue weighted by atomic mass is 16.6. The number of esters is 1. The zero-order chi connectivity index (χ0) is 25.0. The minimum atomic E-state index is -0.479. The molecular weight excluding hydrogens is 456 g/mol. The van der Waals surface area contributed by atoms with Gasteiger partial charge in [-0.3, -0.25) is 4.79 Å². The molecule has 0 saturated heterocycles. The minimum absolute atomic E-state index is 0.0670. The first kappa shape index (κ1) is 25.6. The molecule has 1 heterocycles. The average Bonchev–Trinajstić information content (AvgIpc) is 2.92. The third-order valence-electron chi connectivity index (χ3n) is 5.82. The highest BCUT2D eigenvalue weighted by Crippen LogP contribution is 2.27. The summed E-state index contributed by atoms with van der Waals surface area (Å²) < 4.78 is 30.2. The fraction of sp³-hybridized carbons (Fsp3) is 0.300. The minimum Gasteiger partial charge on any atom is -0.493 e. The van der Waals surface area contributed by atoms with E-state index in [0.717, 1.165) is 16.7 Å². The molecular formula is C30H32O6. The van der Waals surface area contributed by atoms with E-state index in [2.05, 4.69) is 0 Å². The Kier molecular flexibility index (Phi) is 9.68. The van der Waals surface area contributed by atoms with Gasteiger partial charge in [-0.05, 0) is 16.7 Å². The Bertz CT molecular complexity index is 1080. The van der Waals surface area contributed by atoms with Gasteiger partial charge in [0.1, 0.15) is 24.9 Å². The number of rotatable bonds is 12. The summed E-state index contributed by atoms with van der Waals surface area (Å²) in [5, 5.41) is 0. The monoisotopic (exact) mass is 488 g/mol. The van der Waals surface area contributed by atoms with Gasteiger partial charge in [-0.15, -0.1) is 0 Å². The zero-order valence-electron chi connectivity index (χ0n) is 20.5. The summed E-state index contributed by atoms with van der Waals surface area (Å²) in [6.45, 7) is 3.00. The van der Waals surface area contributed by atoms with Gasteiger partial charge in [0.15, 0.2) is 0 Å². The van der Waals surface area contributed by atoms with Gasteiger partial charge in [0.2, 0.25) is 0 Å². The number of carbonyl (C=O) groups is 1. The number of hydrogen-bond acceptors (Lipinski definition) is 6. The topological polar surface area (TPSA) is 63.2 Å². The molecule has 6 heteroatoms. The molecule has 0 radical (unpaired) electrons. The molecule has 0 saturated carbocycles. The van der Waals surface area contributed by atoms with Crippen LogP contribution in [-0.2, 0) is 48.3 Å². The number of benzene rings is 3. The Hall–Kier alpha value is -3.45. The number of hydrogen-bond donors (Lipinski definition) is 0. The maximum atomic E-state index is 11.5. The van der Waals surface area contributed by atoms with Crippen LogP contribution in [0.15, 0.2) is 103 Å². The maximum Gasteiger partial charge on any atom is 0.302 e. The van der Waals surface area contributed by atoms with Gasteiger partial charge in [-0.1, -0.05) is 91.0 Å². The summed E-state index contributed by atoms with van der Waals surface area (Å²) in [4.78, 5) is 11.5. The van der Waals surface area contributed by atoms with Crippen LogP contribution in [0.3, 0.4) is 0 Å². The van der Waals surface area contributed by atoms with E-state index in [1.807, 2.05) is 91.0 Å². The molecule has 36 heavy (non-hydrogen) atoms. The predicted molar refractivity (Wildman–Crippen MR) is 136 cm³/mol. The van der Waals surface area contributed by atoms with Crippen molar-refractivity contribution in [3.8, 4) is 0 Å². The summed E-state index contributed by atoms with van der Waals surface area (Å²) in [5.41, 5.74) is 3.87. The lowest BCUT2D eigenvalue weighted by molar-refractivity contribution is -0.157. The second kappa shape index (κ2) is 13.6. The summed E-state index contributed by atoms with van der Waals surface area (Å²) in [6.07, 6.45) is 0.268. The van der Waals surface area contributed by atoms with Crippen LogP contribution in [0.25, 0.3) is 0 Å². The van der Waals surface area contributed by atoms with Crippen LogP contribution in [0.1, 0.15) is 23.6 Å². The standard InChI is InChI=1S/C30H32O6/c1-23(31)33-20-27-21-34-28(22-32-17-24-11-5-2-6-12-24)30(36-19-26-15-9-4-10-16-26)29(27)35-18-25-13-7-3-8-14-25/h2-16,21,28-30H,17-20,22H2,1H3/t28-,29+,30+/m1/s1. The molecule has 0 N–H and O–H groups in total. The SMILES string of the molecule is CC(=O)OCC1=CO[C@H](COCc2ccccc2)[C@H](OCc2ccccc2)[C@H]1OCc1ccccc1. The lowest BCUT2D eigenvalue weighted by atomic mass is 9.98. The van der Waals surface area contributed by atoms with Crippen molar-refractivity contribution in [1.82, 2.24) is 0 Å². The van der Waals surface area contributed by atoms with Crippen LogP contribution in [0.5, 0.6) is 0 Å². The molecule has 0 aliphatic carbocycles. The Morgan fingerprint density at radius 3 is 1.81 bits per heavy atom. The maximum absolute atomic E-state index is 11.5. The van der Waals surface area contributed by atoms with E-state index >= 15 is 0 Å². The normalized spacial score (nSPS) is 19.2. The molecule has 3 aromatic rings. The van der Waals surface area contributed by atoms with Crippen LogP contribution in [0.4, 0.5) is 0 Å². The summed E-state index contributed by atoms with van der Waals surface area (Å²) >= 11 is 0. The van der Waals surface area contributed by atoms with Gasteiger partial charge in [0, 0.05) is 12.5 Å². The second-order valence-electron chi connectivity index (χ2n) is 8.63. The largest absolute Gasteiger partial charge is 0.493 e. The third-order valence-corrected chi connectivity index (χ3v) is 5.82. The van der Waals surface area contributed by atoms with E-state index in [1.165, 1.54) is 6.92 Å². The van der Waals surface area contributed by atoms with Crippen LogP contribution in [0.2, 0.25) is 0 Å². The van der Waals surface area contributed by atoms with Gasteiger partial charge in [-0.2, -0.15) is 0 Å². The summed E-state index contributed by atoms with van der Waals surface area (Å²) in [6, 6.07) is 29.9. The van der Waals surface area contributed by atoms with Gasteiger partial charge in [-0.25, -0.2) is 0 Å². The van der Waals surface area contributed by atoms with Crippen molar-refractivity contribution in [3.05, 3.63) is 120 Å². The summed E-state index contributed by atoms with van der Waals surface area (Å²) in [5.74, 6) is -0.368. The van der Waals surface area contributed by atoms with Gasteiger partial charge in [0.05, 0.1) is 32.7 Å². The number of carbonyl (C=O) groups excluding carboxylic acids is 1. The first-order valence-electron chi connectivity index (χ1n) is 12.1. The van der Waals surface area contributed by atoms with Crippen LogP contribution < -0.4 is 0 Å². The third kappa shape index (κ3) is 7.78.